The van der Waals surface area contributed by atoms with Crippen molar-refractivity contribution in [3.63, 3.8) is 0 Å². The summed E-state index contributed by atoms with van der Waals surface area (Å²) in [6.45, 7) is 6.59. The van der Waals surface area contributed by atoms with Gasteiger partial charge in [-0.25, -0.2) is 4.98 Å². The van der Waals surface area contributed by atoms with E-state index < -0.39 is 25.9 Å². The number of anilines is 2. The first-order valence-corrected chi connectivity index (χ1v) is 26.7. The van der Waals surface area contributed by atoms with Crippen LogP contribution in [0.4, 0.5) is 21.5 Å². The van der Waals surface area contributed by atoms with Gasteiger partial charge in [-0.05, 0) is 64.5 Å². The number of fused-ring (bicyclic) bond motifs is 6. The molecule has 0 spiro atoms. The van der Waals surface area contributed by atoms with Gasteiger partial charge in [0.25, 0.3) is 0 Å². The predicted octanol–water partition coefficient (Wildman–Crippen LogP) is 13.4. The van der Waals surface area contributed by atoms with Crippen LogP contribution in [0.1, 0.15) is 53.4 Å². The Labute approximate surface area is 354 Å². The molecule has 282 valence electrons. The van der Waals surface area contributed by atoms with Gasteiger partial charge in [0.2, 0.25) is 0 Å². The van der Waals surface area contributed by atoms with Crippen molar-refractivity contribution in [1.82, 2.24) is 9.97 Å². The van der Waals surface area contributed by atoms with Gasteiger partial charge in [0, 0.05) is 17.1 Å². The van der Waals surface area contributed by atoms with Crippen molar-refractivity contribution in [1.29, 1.82) is 0 Å². The summed E-state index contributed by atoms with van der Waals surface area (Å²) in [6, 6.07) is 42.7. The third-order valence-electron chi connectivity index (χ3n) is 10.1. The molecular formula is C48H44FGeIrN4S. The number of hydrogen-bond acceptors (Lipinski definition) is 4. The maximum Gasteiger partial charge on any atom is 3.00 e. The van der Waals surface area contributed by atoms with Gasteiger partial charge in [0.15, 0.2) is 0 Å². The van der Waals surface area contributed by atoms with Gasteiger partial charge in [-0.1, -0.05) is 74.0 Å². The SMILES string of the molecule is Cc1ccc2c(n1)sc1c(C3[N-]c4c(ccc5ccccc45)N3c3ccc(C(C)(C)C)cc3)[c-]ccc12.[2H]C([2H])([2H])c1cc(-c2[c-]cccc2F)nc[c]1[Ge]([CH3])([CH3])[CH3].[Ir+3]. The molecule has 4 nitrogen and oxygen atoms in total. The fourth-order valence-electron chi connectivity index (χ4n) is 7.21. The molecule has 1 unspecified atom stereocenters. The first kappa shape index (κ1) is 36.0. The second kappa shape index (κ2) is 15.5. The third kappa shape index (κ3) is 7.55. The smallest absolute Gasteiger partial charge is 3.00 e. The van der Waals surface area contributed by atoms with Crippen LogP contribution in [-0.2, 0) is 25.5 Å². The van der Waals surface area contributed by atoms with Gasteiger partial charge in [-0.15, -0.1) is 16.6 Å². The van der Waals surface area contributed by atoms with E-state index in [1.54, 1.807) is 29.7 Å². The van der Waals surface area contributed by atoms with Gasteiger partial charge in [-0.2, -0.15) is 29.5 Å². The molecule has 0 saturated heterocycles. The van der Waals surface area contributed by atoms with Crippen molar-refractivity contribution in [2.75, 3.05) is 4.90 Å². The molecule has 9 rings (SSSR count). The predicted molar refractivity (Wildman–Crippen MR) is 234 cm³/mol. The van der Waals surface area contributed by atoms with Crippen LogP contribution in [0.15, 0.2) is 115 Å². The Morgan fingerprint density at radius 2 is 1.66 bits per heavy atom. The second-order valence-corrected chi connectivity index (χ2v) is 27.7. The number of aromatic nitrogens is 2. The van der Waals surface area contributed by atoms with Gasteiger partial charge < -0.3 is 10.2 Å². The maximum absolute atomic E-state index is 13.8. The third-order valence-corrected chi connectivity index (χ3v) is 15.5. The van der Waals surface area contributed by atoms with E-state index in [1.165, 1.54) is 43.9 Å². The Morgan fingerprint density at radius 1 is 0.875 bits per heavy atom. The van der Waals surface area contributed by atoms with Crippen LogP contribution in [0, 0.1) is 31.7 Å². The summed E-state index contributed by atoms with van der Waals surface area (Å²) in [7, 11) is 0. The van der Waals surface area contributed by atoms with E-state index in [1.807, 2.05) is 13.0 Å². The van der Waals surface area contributed by atoms with Crippen molar-refractivity contribution < 1.29 is 28.6 Å². The maximum atomic E-state index is 13.8. The molecule has 1 aliphatic heterocycles. The minimum absolute atomic E-state index is 0. The fraction of sp³-hybridized carbons (Fsp3) is 0.208. The van der Waals surface area contributed by atoms with Crippen molar-refractivity contribution in [3.8, 4) is 11.3 Å². The van der Waals surface area contributed by atoms with Crippen molar-refractivity contribution in [2.24, 2.45) is 0 Å². The molecule has 1 atom stereocenters. The zero-order chi connectivity index (χ0) is 41.1. The van der Waals surface area contributed by atoms with Crippen LogP contribution in [0.2, 0.25) is 17.3 Å². The Morgan fingerprint density at radius 3 is 2.39 bits per heavy atom. The summed E-state index contributed by atoms with van der Waals surface area (Å²) in [5.41, 5.74) is 7.67. The average molecular weight is 996 g/mol. The molecule has 8 aromatic rings. The molecule has 3 aromatic heterocycles. The molecule has 4 heterocycles. The largest absolute Gasteiger partial charge is 3.00 e. The van der Waals surface area contributed by atoms with Crippen LogP contribution in [-0.4, -0.2) is 23.2 Å². The molecule has 0 saturated carbocycles. The zero-order valence-corrected chi connectivity index (χ0v) is 37.8. The average Bonchev–Trinajstić information content (AvgIpc) is 3.76. The second-order valence-electron chi connectivity index (χ2n) is 16.1. The molecule has 8 heteroatoms. The number of rotatable bonds is 4. The van der Waals surface area contributed by atoms with Crippen LogP contribution in [0.3, 0.4) is 0 Å². The Kier molecular flexibility index (Phi) is 9.96. The Balaban J connectivity index is 0.000000206. The number of halogens is 1. The zero-order valence-electron chi connectivity index (χ0n) is 35.5. The molecule has 56 heavy (non-hydrogen) atoms. The van der Waals surface area contributed by atoms with E-state index >= 15 is 0 Å². The first-order valence-electron chi connectivity index (χ1n) is 20.0. The quantitative estimate of drug-likeness (QED) is 0.130. The fourth-order valence-corrected chi connectivity index (χ4v) is 11.2. The normalized spacial score (nSPS) is 15.0. The summed E-state index contributed by atoms with van der Waals surface area (Å²) < 4.78 is 39.1. The van der Waals surface area contributed by atoms with Crippen molar-refractivity contribution in [2.45, 2.75) is 63.4 Å². The minimum Gasteiger partial charge on any atom is 3.00 e. The Bertz CT molecular complexity index is 2830. The number of hydrogen-bond donors (Lipinski definition) is 0. The number of nitrogens with zero attached hydrogens (tertiary/aromatic N) is 4. The topological polar surface area (TPSA) is 43.1 Å². The number of thiophene rings is 1. The van der Waals surface area contributed by atoms with Crippen LogP contribution in [0.25, 0.3) is 47.6 Å². The van der Waals surface area contributed by atoms with Crippen molar-refractivity contribution >= 4 is 77.1 Å². The molecule has 1 aliphatic rings. The molecule has 0 N–H and O–H groups in total. The van der Waals surface area contributed by atoms with E-state index in [0.29, 0.717) is 5.69 Å². The van der Waals surface area contributed by atoms with E-state index in [9.17, 15) is 4.39 Å². The summed E-state index contributed by atoms with van der Waals surface area (Å²) in [5, 5.41) is 10.2. The molecule has 0 aliphatic carbocycles. The van der Waals surface area contributed by atoms with Gasteiger partial charge in [-0.3, -0.25) is 0 Å². The Hall–Kier alpha value is -4.40. The summed E-state index contributed by atoms with van der Waals surface area (Å²) >= 11 is -0.630. The minimum atomic E-state index is -2.38. The van der Waals surface area contributed by atoms with Gasteiger partial charge >= 0.3 is 135 Å². The molecule has 0 fully saturated rings. The monoisotopic (exact) mass is 997 g/mol. The van der Waals surface area contributed by atoms with E-state index in [0.717, 1.165) is 37.5 Å². The van der Waals surface area contributed by atoms with E-state index in [2.05, 4.69) is 139 Å². The molecular weight excluding hydrogens is 948 g/mol. The summed E-state index contributed by atoms with van der Waals surface area (Å²) in [5.74, 6) is 5.88. The van der Waals surface area contributed by atoms with Crippen LogP contribution < -0.4 is 9.30 Å². The number of aryl methyl sites for hydroxylation is 2. The van der Waals surface area contributed by atoms with Gasteiger partial charge in [0.05, 0.1) is 0 Å². The number of benzene rings is 5. The molecule has 0 amide bonds. The summed E-state index contributed by atoms with van der Waals surface area (Å²) in [6.07, 6.45) is 1.40. The van der Waals surface area contributed by atoms with E-state index in [4.69, 9.17) is 14.4 Å². The van der Waals surface area contributed by atoms with Crippen molar-refractivity contribution in [3.05, 3.63) is 161 Å². The summed E-state index contributed by atoms with van der Waals surface area (Å²) in [4.78, 5) is 12.6. The molecule has 0 bridgehead atoms. The van der Waals surface area contributed by atoms with E-state index in [-0.39, 0.29) is 42.8 Å². The first-order chi connectivity index (χ1) is 27.5. The van der Waals surface area contributed by atoms with Crippen LogP contribution >= 0.6 is 11.3 Å². The standard InChI is InChI=1S/C33H27N3S.C15H17FGeN.Ir/c1-20-12-18-26-25-10-7-11-27(30(25)37-32(26)34-20)31-35-29-24-9-6-5-8-21(24)13-19-28(29)36(31)23-16-14-22(15-17-23)33(2,3)4;1-11-9-15(12-7-5-6-8-13(12)16)18-10-14(11)17(2,3)4;/h5-10,12-19,31H,1-4H3;5-6,8-10H,1-4H3;/q-2;-1;+3/i;1D3;. The van der Waals surface area contributed by atoms with Gasteiger partial charge in [0.1, 0.15) is 4.83 Å². The molecule has 0 radical (unpaired) electrons. The van der Waals surface area contributed by atoms with Crippen LogP contribution in [0.5, 0.6) is 0 Å². The molecule has 5 aromatic carbocycles. The number of pyridine rings is 2.